The number of morpholine rings is 1. The molecule has 7 heteroatoms. The molecule has 3 aromatic rings. The molecular formula is C18H20N4O2S. The molecule has 2 N–H and O–H groups in total. The monoisotopic (exact) mass is 356 g/mol. The van der Waals surface area contributed by atoms with E-state index in [1.807, 2.05) is 24.3 Å². The van der Waals surface area contributed by atoms with Gasteiger partial charge in [0.15, 0.2) is 5.69 Å². The SMILES string of the molecule is O=C(NCC(c1cccs1)N1CCOCC1)c1n[nH]c2ccccc12. The van der Waals surface area contributed by atoms with E-state index < -0.39 is 0 Å². The van der Waals surface area contributed by atoms with Gasteiger partial charge in [-0.25, -0.2) is 0 Å². The summed E-state index contributed by atoms with van der Waals surface area (Å²) in [6.07, 6.45) is 0. The van der Waals surface area contributed by atoms with Crippen LogP contribution in [0.25, 0.3) is 10.9 Å². The lowest BCUT2D eigenvalue weighted by molar-refractivity contribution is 0.0169. The highest BCUT2D eigenvalue weighted by atomic mass is 32.1. The van der Waals surface area contributed by atoms with Gasteiger partial charge in [0.25, 0.3) is 5.91 Å². The first-order chi connectivity index (χ1) is 12.3. The summed E-state index contributed by atoms with van der Waals surface area (Å²) in [4.78, 5) is 16.3. The first kappa shape index (κ1) is 16.3. The molecule has 1 aromatic carbocycles. The summed E-state index contributed by atoms with van der Waals surface area (Å²) >= 11 is 1.72. The van der Waals surface area contributed by atoms with Gasteiger partial charge in [0.1, 0.15) is 0 Å². The van der Waals surface area contributed by atoms with E-state index in [9.17, 15) is 4.79 Å². The van der Waals surface area contributed by atoms with Crippen LogP contribution in [0.5, 0.6) is 0 Å². The molecule has 1 aliphatic heterocycles. The number of ether oxygens (including phenoxy) is 1. The van der Waals surface area contributed by atoms with Crippen LogP contribution in [0.15, 0.2) is 41.8 Å². The van der Waals surface area contributed by atoms with Crippen LogP contribution in [-0.2, 0) is 4.74 Å². The van der Waals surface area contributed by atoms with Crippen molar-refractivity contribution in [2.24, 2.45) is 0 Å². The number of carbonyl (C=O) groups is 1. The molecule has 2 aromatic heterocycles. The number of aromatic nitrogens is 2. The van der Waals surface area contributed by atoms with Crippen LogP contribution >= 0.6 is 11.3 Å². The molecule has 1 unspecified atom stereocenters. The third-order valence-electron chi connectivity index (χ3n) is 4.50. The van der Waals surface area contributed by atoms with Crippen molar-refractivity contribution in [3.63, 3.8) is 0 Å². The molecule has 6 nitrogen and oxygen atoms in total. The van der Waals surface area contributed by atoms with E-state index in [1.165, 1.54) is 4.88 Å². The number of rotatable bonds is 5. The number of hydrogen-bond acceptors (Lipinski definition) is 5. The first-order valence-corrected chi connectivity index (χ1v) is 9.27. The number of H-pyrrole nitrogens is 1. The lowest BCUT2D eigenvalue weighted by Crippen LogP contribution is -2.43. The molecule has 0 aliphatic carbocycles. The second-order valence-corrected chi connectivity index (χ2v) is 6.99. The van der Waals surface area contributed by atoms with Gasteiger partial charge in [-0.2, -0.15) is 5.10 Å². The Morgan fingerprint density at radius 3 is 2.92 bits per heavy atom. The molecule has 1 amide bonds. The normalized spacial score (nSPS) is 16.8. The van der Waals surface area contributed by atoms with Gasteiger partial charge in [0.2, 0.25) is 0 Å². The van der Waals surface area contributed by atoms with E-state index in [1.54, 1.807) is 11.3 Å². The van der Waals surface area contributed by atoms with Crippen LogP contribution in [0.2, 0.25) is 0 Å². The van der Waals surface area contributed by atoms with Gasteiger partial charge in [-0.3, -0.25) is 14.8 Å². The molecule has 25 heavy (non-hydrogen) atoms. The van der Waals surface area contributed by atoms with Crippen LogP contribution < -0.4 is 5.32 Å². The minimum atomic E-state index is -0.146. The maximum absolute atomic E-state index is 12.6. The van der Waals surface area contributed by atoms with Crippen molar-refractivity contribution in [1.29, 1.82) is 0 Å². The van der Waals surface area contributed by atoms with Crippen LogP contribution in [0.3, 0.4) is 0 Å². The number of amides is 1. The van der Waals surface area contributed by atoms with Gasteiger partial charge in [-0.15, -0.1) is 11.3 Å². The standard InChI is InChI=1S/C18H20N4O2S/c23-18(17-13-4-1-2-5-14(13)20-21-17)19-12-15(16-6-3-11-25-16)22-7-9-24-10-8-22/h1-6,11,15H,7-10,12H2,(H,19,23)(H,20,21). The number of fused-ring (bicyclic) bond motifs is 1. The third-order valence-corrected chi connectivity index (χ3v) is 5.47. The van der Waals surface area contributed by atoms with Gasteiger partial charge in [0.05, 0.1) is 24.8 Å². The van der Waals surface area contributed by atoms with Crippen LogP contribution in [0.1, 0.15) is 21.4 Å². The smallest absolute Gasteiger partial charge is 0.272 e. The molecule has 0 saturated carbocycles. The Hall–Kier alpha value is -2.22. The summed E-state index contributed by atoms with van der Waals surface area (Å²) < 4.78 is 5.46. The van der Waals surface area contributed by atoms with Crippen LogP contribution in [0, 0.1) is 0 Å². The van der Waals surface area contributed by atoms with E-state index in [0.29, 0.717) is 12.2 Å². The quantitative estimate of drug-likeness (QED) is 0.737. The number of aromatic amines is 1. The van der Waals surface area contributed by atoms with Crippen LogP contribution in [-0.4, -0.2) is 53.9 Å². The van der Waals surface area contributed by atoms with Crippen molar-refractivity contribution >= 4 is 28.1 Å². The van der Waals surface area contributed by atoms with Crippen LogP contribution in [0.4, 0.5) is 0 Å². The number of hydrogen-bond donors (Lipinski definition) is 2. The minimum absolute atomic E-state index is 0.146. The molecule has 3 heterocycles. The van der Waals surface area contributed by atoms with E-state index >= 15 is 0 Å². The maximum Gasteiger partial charge on any atom is 0.272 e. The molecular weight excluding hydrogens is 336 g/mol. The van der Waals surface area contributed by atoms with Crippen molar-refractivity contribution in [2.75, 3.05) is 32.8 Å². The number of para-hydroxylation sites is 1. The van der Waals surface area contributed by atoms with Gasteiger partial charge >= 0.3 is 0 Å². The van der Waals surface area contributed by atoms with Gasteiger partial charge in [0, 0.05) is 29.9 Å². The Morgan fingerprint density at radius 2 is 2.12 bits per heavy atom. The maximum atomic E-state index is 12.6. The Morgan fingerprint density at radius 1 is 1.28 bits per heavy atom. The summed E-state index contributed by atoms with van der Waals surface area (Å²) in [6, 6.07) is 12.0. The predicted octanol–water partition coefficient (Wildman–Crippen LogP) is 2.43. The first-order valence-electron chi connectivity index (χ1n) is 8.39. The van der Waals surface area contributed by atoms with E-state index in [4.69, 9.17) is 4.74 Å². The number of benzene rings is 1. The third kappa shape index (κ3) is 3.44. The molecule has 0 spiro atoms. The fourth-order valence-corrected chi connectivity index (χ4v) is 4.05. The molecule has 0 radical (unpaired) electrons. The van der Waals surface area contributed by atoms with E-state index in [2.05, 4.69) is 37.9 Å². The number of nitrogens with one attached hydrogen (secondary N) is 2. The Balaban J connectivity index is 1.49. The number of thiophene rings is 1. The summed E-state index contributed by atoms with van der Waals surface area (Å²) in [5.41, 5.74) is 1.32. The minimum Gasteiger partial charge on any atom is -0.379 e. The lowest BCUT2D eigenvalue weighted by Gasteiger charge is -2.34. The van der Waals surface area contributed by atoms with Crippen molar-refractivity contribution in [1.82, 2.24) is 20.4 Å². The highest BCUT2D eigenvalue weighted by Gasteiger charge is 2.24. The predicted molar refractivity (Wildman–Crippen MR) is 97.9 cm³/mol. The van der Waals surface area contributed by atoms with Crippen molar-refractivity contribution < 1.29 is 9.53 Å². The molecule has 1 atom stereocenters. The molecule has 1 fully saturated rings. The molecule has 1 aliphatic rings. The highest BCUT2D eigenvalue weighted by Crippen LogP contribution is 2.25. The molecule has 130 valence electrons. The summed E-state index contributed by atoms with van der Waals surface area (Å²) in [6.45, 7) is 3.79. The highest BCUT2D eigenvalue weighted by molar-refractivity contribution is 7.10. The molecule has 1 saturated heterocycles. The largest absolute Gasteiger partial charge is 0.379 e. The zero-order chi connectivity index (χ0) is 17.1. The number of carbonyl (C=O) groups excluding carboxylic acids is 1. The van der Waals surface area contributed by atoms with Crippen molar-refractivity contribution in [2.45, 2.75) is 6.04 Å². The molecule has 0 bridgehead atoms. The Kier molecular flexibility index (Phi) is 4.78. The average Bonchev–Trinajstić information content (AvgIpc) is 3.32. The second-order valence-electron chi connectivity index (χ2n) is 6.01. The molecule has 4 rings (SSSR count). The Bertz CT molecular complexity index is 840. The van der Waals surface area contributed by atoms with Gasteiger partial charge in [-0.1, -0.05) is 24.3 Å². The average molecular weight is 356 g/mol. The zero-order valence-corrected chi connectivity index (χ0v) is 14.6. The summed E-state index contributed by atoms with van der Waals surface area (Å²) in [5.74, 6) is -0.146. The van der Waals surface area contributed by atoms with E-state index in [0.717, 1.165) is 37.2 Å². The van der Waals surface area contributed by atoms with E-state index in [-0.39, 0.29) is 11.9 Å². The topological polar surface area (TPSA) is 70.2 Å². The van der Waals surface area contributed by atoms with Crippen molar-refractivity contribution in [3.05, 3.63) is 52.3 Å². The second kappa shape index (κ2) is 7.35. The zero-order valence-electron chi connectivity index (χ0n) is 13.8. The lowest BCUT2D eigenvalue weighted by atomic mass is 10.1. The van der Waals surface area contributed by atoms with Gasteiger partial charge in [-0.05, 0) is 17.5 Å². The fourth-order valence-electron chi connectivity index (χ4n) is 3.19. The van der Waals surface area contributed by atoms with Crippen molar-refractivity contribution in [3.8, 4) is 0 Å². The summed E-state index contributed by atoms with van der Waals surface area (Å²) in [5, 5.41) is 13.1. The van der Waals surface area contributed by atoms with Gasteiger partial charge < -0.3 is 10.1 Å². The Labute approximate surface area is 149 Å². The fraction of sp³-hybridized carbons (Fsp3) is 0.333. The number of nitrogens with zero attached hydrogens (tertiary/aromatic N) is 2. The summed E-state index contributed by atoms with van der Waals surface area (Å²) in [7, 11) is 0.